The number of pyridine rings is 1. The summed E-state index contributed by atoms with van der Waals surface area (Å²) in [6, 6.07) is 15.8. The number of nitrogens with zero attached hydrogens (tertiary/aromatic N) is 1. The van der Waals surface area contributed by atoms with Crippen molar-refractivity contribution in [2.75, 3.05) is 6.79 Å². The molecule has 0 unspecified atom stereocenters. The van der Waals surface area contributed by atoms with Gasteiger partial charge >= 0.3 is 0 Å². The molecule has 3 aromatic carbocycles. The molecule has 0 saturated heterocycles. The normalized spacial score (nSPS) is 13.3. The topological polar surface area (TPSA) is 40.5 Å². The minimum Gasteiger partial charge on any atom is -0.454 e. The first-order valence-electron chi connectivity index (χ1n) is 7.48. The van der Waals surface area contributed by atoms with Crippen LogP contribution >= 0.6 is 0 Å². The highest BCUT2D eigenvalue weighted by Crippen LogP contribution is 2.39. The summed E-state index contributed by atoms with van der Waals surface area (Å²) in [5, 5.41) is 4.81. The minimum atomic E-state index is 0.0123. The Labute approximate surface area is 131 Å². The number of ether oxygens (including phenoxy) is 2. The van der Waals surface area contributed by atoms with E-state index in [2.05, 4.69) is 12.1 Å². The molecule has 0 N–H and O–H groups in total. The Morgan fingerprint density at radius 3 is 2.43 bits per heavy atom. The molecule has 4 nitrogen and oxygen atoms in total. The van der Waals surface area contributed by atoms with Gasteiger partial charge in [-0.05, 0) is 29.0 Å². The van der Waals surface area contributed by atoms with Crippen molar-refractivity contribution in [2.24, 2.45) is 7.05 Å². The van der Waals surface area contributed by atoms with Crippen LogP contribution in [-0.2, 0) is 7.05 Å². The van der Waals surface area contributed by atoms with Crippen molar-refractivity contribution < 1.29 is 9.47 Å². The fourth-order valence-corrected chi connectivity index (χ4v) is 3.46. The summed E-state index contributed by atoms with van der Waals surface area (Å²) in [7, 11) is 1.82. The Bertz CT molecular complexity index is 1170. The quantitative estimate of drug-likeness (QED) is 0.466. The van der Waals surface area contributed by atoms with Crippen molar-refractivity contribution in [1.82, 2.24) is 4.57 Å². The average molecular weight is 303 g/mol. The maximum Gasteiger partial charge on any atom is 0.258 e. The van der Waals surface area contributed by atoms with Crippen LogP contribution < -0.4 is 15.0 Å². The maximum atomic E-state index is 12.7. The highest BCUT2D eigenvalue weighted by molar-refractivity contribution is 6.15. The molecule has 5 rings (SSSR count). The maximum absolute atomic E-state index is 12.7. The summed E-state index contributed by atoms with van der Waals surface area (Å²) in [4.78, 5) is 12.7. The number of aromatic nitrogens is 1. The predicted molar refractivity (Wildman–Crippen MR) is 90.3 cm³/mol. The lowest BCUT2D eigenvalue weighted by molar-refractivity contribution is 0.174. The van der Waals surface area contributed by atoms with E-state index >= 15 is 0 Å². The average Bonchev–Trinajstić information content (AvgIpc) is 3.04. The van der Waals surface area contributed by atoms with Crippen LogP contribution in [0.15, 0.2) is 53.3 Å². The van der Waals surface area contributed by atoms with Gasteiger partial charge in [0.1, 0.15) is 0 Å². The number of benzene rings is 3. The lowest BCUT2D eigenvalue weighted by Crippen LogP contribution is -2.17. The molecule has 2 heterocycles. The van der Waals surface area contributed by atoms with Crippen molar-refractivity contribution in [1.29, 1.82) is 0 Å². The molecule has 23 heavy (non-hydrogen) atoms. The van der Waals surface area contributed by atoms with Gasteiger partial charge in [-0.15, -0.1) is 0 Å². The smallest absolute Gasteiger partial charge is 0.258 e. The summed E-state index contributed by atoms with van der Waals surface area (Å²) in [6.45, 7) is 0.242. The first-order chi connectivity index (χ1) is 11.2. The van der Waals surface area contributed by atoms with Crippen molar-refractivity contribution in [3.63, 3.8) is 0 Å². The van der Waals surface area contributed by atoms with Gasteiger partial charge in [-0.2, -0.15) is 0 Å². The zero-order valence-electron chi connectivity index (χ0n) is 12.5. The summed E-state index contributed by atoms with van der Waals surface area (Å²) in [5.41, 5.74) is 0.933. The summed E-state index contributed by atoms with van der Waals surface area (Å²) in [6.07, 6.45) is 0. The molecular formula is C19H13NO3. The van der Waals surface area contributed by atoms with Gasteiger partial charge in [-0.25, -0.2) is 0 Å². The monoisotopic (exact) mass is 303 g/mol. The minimum absolute atomic E-state index is 0.0123. The van der Waals surface area contributed by atoms with E-state index in [1.54, 1.807) is 4.57 Å². The molecule has 0 atom stereocenters. The second-order valence-corrected chi connectivity index (χ2v) is 5.80. The van der Waals surface area contributed by atoms with Crippen LogP contribution in [0.4, 0.5) is 0 Å². The third-order valence-electron chi connectivity index (χ3n) is 4.57. The van der Waals surface area contributed by atoms with Crippen molar-refractivity contribution in [3.8, 4) is 11.5 Å². The predicted octanol–water partition coefficient (Wildman–Crippen LogP) is 3.57. The Hall–Kier alpha value is -3.01. The SMILES string of the molecule is Cn1c(=O)c2ccccc2c2ccc3cc4c(cc3c21)OCO4. The number of rotatable bonds is 0. The molecule has 0 bridgehead atoms. The zero-order chi connectivity index (χ0) is 15.6. The van der Waals surface area contributed by atoms with E-state index in [4.69, 9.17) is 9.47 Å². The summed E-state index contributed by atoms with van der Waals surface area (Å²) in [5.74, 6) is 1.48. The van der Waals surface area contributed by atoms with Gasteiger partial charge in [0, 0.05) is 23.2 Å². The van der Waals surface area contributed by atoms with Crippen molar-refractivity contribution in [3.05, 3.63) is 58.9 Å². The Kier molecular flexibility index (Phi) is 2.32. The van der Waals surface area contributed by atoms with Gasteiger partial charge in [0.2, 0.25) is 6.79 Å². The molecule has 0 fully saturated rings. The third-order valence-corrected chi connectivity index (χ3v) is 4.57. The highest BCUT2D eigenvalue weighted by atomic mass is 16.7. The number of aryl methyl sites for hydroxylation is 1. The fourth-order valence-electron chi connectivity index (χ4n) is 3.46. The largest absolute Gasteiger partial charge is 0.454 e. The molecule has 0 amide bonds. The van der Waals surface area contributed by atoms with E-state index < -0.39 is 0 Å². The van der Waals surface area contributed by atoms with Gasteiger partial charge in [0.15, 0.2) is 11.5 Å². The number of hydrogen-bond donors (Lipinski definition) is 0. The van der Waals surface area contributed by atoms with Crippen LogP contribution in [0.2, 0.25) is 0 Å². The summed E-state index contributed by atoms with van der Waals surface area (Å²) < 4.78 is 12.7. The van der Waals surface area contributed by atoms with E-state index in [1.807, 2.05) is 43.4 Å². The molecule has 1 aromatic heterocycles. The second-order valence-electron chi connectivity index (χ2n) is 5.80. The lowest BCUT2D eigenvalue weighted by atomic mass is 10.0. The molecule has 0 saturated carbocycles. The molecule has 0 spiro atoms. The lowest BCUT2D eigenvalue weighted by Gasteiger charge is -2.12. The Morgan fingerprint density at radius 1 is 0.870 bits per heavy atom. The first-order valence-corrected chi connectivity index (χ1v) is 7.48. The van der Waals surface area contributed by atoms with Gasteiger partial charge in [-0.1, -0.05) is 30.3 Å². The van der Waals surface area contributed by atoms with Gasteiger partial charge < -0.3 is 14.0 Å². The molecule has 112 valence electrons. The number of hydrogen-bond acceptors (Lipinski definition) is 3. The van der Waals surface area contributed by atoms with Crippen molar-refractivity contribution >= 4 is 32.4 Å². The van der Waals surface area contributed by atoms with Crippen LogP contribution in [-0.4, -0.2) is 11.4 Å². The van der Waals surface area contributed by atoms with Gasteiger partial charge in [-0.3, -0.25) is 4.79 Å². The molecule has 4 aromatic rings. The van der Waals surface area contributed by atoms with E-state index in [9.17, 15) is 4.79 Å². The zero-order valence-corrected chi connectivity index (χ0v) is 12.5. The highest BCUT2D eigenvalue weighted by Gasteiger charge is 2.17. The fraction of sp³-hybridized carbons (Fsp3) is 0.105. The second kappa shape index (κ2) is 4.26. The van der Waals surface area contributed by atoms with Crippen LogP contribution in [0.1, 0.15) is 0 Å². The third kappa shape index (κ3) is 1.58. The van der Waals surface area contributed by atoms with Crippen molar-refractivity contribution in [2.45, 2.75) is 0 Å². The molecule has 4 heteroatoms. The van der Waals surface area contributed by atoms with E-state index in [-0.39, 0.29) is 12.4 Å². The Balaban J connectivity index is 2.07. The molecule has 0 radical (unpaired) electrons. The van der Waals surface area contributed by atoms with E-state index in [0.29, 0.717) is 0 Å². The van der Waals surface area contributed by atoms with Crippen LogP contribution in [0.25, 0.3) is 32.4 Å². The Morgan fingerprint density at radius 2 is 1.61 bits per heavy atom. The van der Waals surface area contributed by atoms with E-state index in [0.717, 1.165) is 43.9 Å². The van der Waals surface area contributed by atoms with Crippen LogP contribution in [0.5, 0.6) is 11.5 Å². The van der Waals surface area contributed by atoms with Gasteiger partial charge in [0.05, 0.1) is 5.52 Å². The number of fused-ring (bicyclic) bond motifs is 6. The molecule has 0 aliphatic carbocycles. The van der Waals surface area contributed by atoms with Crippen LogP contribution in [0, 0.1) is 0 Å². The molecule has 1 aliphatic rings. The standard InChI is InChI=1S/C19H13NO3/c1-20-18-13(12-4-2-3-5-14(12)19(20)21)7-6-11-8-16-17(9-15(11)18)23-10-22-16/h2-9H,10H2,1H3. The first kappa shape index (κ1) is 12.5. The summed E-state index contributed by atoms with van der Waals surface area (Å²) >= 11 is 0. The molecule has 1 aliphatic heterocycles. The van der Waals surface area contributed by atoms with E-state index in [1.165, 1.54) is 0 Å². The van der Waals surface area contributed by atoms with Gasteiger partial charge in [0.25, 0.3) is 5.56 Å². The molecular weight excluding hydrogens is 290 g/mol. The van der Waals surface area contributed by atoms with Crippen LogP contribution in [0.3, 0.4) is 0 Å².